The van der Waals surface area contributed by atoms with E-state index in [1.807, 2.05) is 24.3 Å². The number of carbonyl (C=O) groups excluding carboxylic acids is 1. The van der Waals surface area contributed by atoms with Crippen LogP contribution in [0.2, 0.25) is 0 Å². The molecule has 0 unspecified atom stereocenters. The van der Waals surface area contributed by atoms with E-state index >= 15 is 0 Å². The standard InChI is InChI=1S/C23H17F3N4O/c24-23(25,26)20-12-18(16-7-2-1-3-8-16)27-21-13-19(28-30(20)21)22(31)29-11-10-15-6-4-5-9-17(15)14-29/h1-9,12-13H,10-11,14H2. The van der Waals surface area contributed by atoms with Crippen LogP contribution in [-0.2, 0) is 19.1 Å². The van der Waals surface area contributed by atoms with Gasteiger partial charge in [-0.25, -0.2) is 9.50 Å². The molecule has 8 heteroatoms. The second kappa shape index (κ2) is 7.23. The fourth-order valence-corrected chi connectivity index (χ4v) is 3.87. The molecule has 31 heavy (non-hydrogen) atoms. The minimum Gasteiger partial charge on any atom is -0.333 e. The topological polar surface area (TPSA) is 50.5 Å². The van der Waals surface area contributed by atoms with Gasteiger partial charge in [0.15, 0.2) is 17.0 Å². The SMILES string of the molecule is O=C(c1cc2nc(-c3ccccc3)cc(C(F)(F)F)n2n1)N1CCc2ccccc2C1. The van der Waals surface area contributed by atoms with E-state index in [9.17, 15) is 18.0 Å². The maximum absolute atomic E-state index is 13.8. The molecule has 0 N–H and O–H groups in total. The van der Waals surface area contributed by atoms with Crippen molar-refractivity contribution in [3.8, 4) is 11.3 Å². The van der Waals surface area contributed by atoms with Crippen LogP contribution in [0.1, 0.15) is 27.3 Å². The Morgan fingerprint density at radius 2 is 1.65 bits per heavy atom. The maximum atomic E-state index is 13.8. The molecule has 1 amide bonds. The van der Waals surface area contributed by atoms with Crippen molar-refractivity contribution in [1.29, 1.82) is 0 Å². The summed E-state index contributed by atoms with van der Waals surface area (Å²) in [5, 5.41) is 3.99. The highest BCUT2D eigenvalue weighted by Crippen LogP contribution is 2.32. The number of halogens is 3. The van der Waals surface area contributed by atoms with Gasteiger partial charge in [-0.05, 0) is 23.6 Å². The van der Waals surface area contributed by atoms with Crippen molar-refractivity contribution in [1.82, 2.24) is 19.5 Å². The number of amides is 1. The fraction of sp³-hybridized carbons (Fsp3) is 0.174. The van der Waals surface area contributed by atoms with Crippen molar-refractivity contribution in [2.24, 2.45) is 0 Å². The van der Waals surface area contributed by atoms with E-state index in [0.717, 1.165) is 11.6 Å². The third-order valence-electron chi connectivity index (χ3n) is 5.42. The van der Waals surface area contributed by atoms with E-state index in [0.29, 0.717) is 29.6 Å². The first-order valence-electron chi connectivity index (χ1n) is 9.80. The molecule has 1 aliphatic rings. The number of rotatable bonds is 2. The Kier molecular flexibility index (Phi) is 4.50. The molecule has 0 aliphatic carbocycles. The lowest BCUT2D eigenvalue weighted by atomic mass is 10.00. The first-order valence-corrected chi connectivity index (χ1v) is 9.80. The van der Waals surface area contributed by atoms with Gasteiger partial charge in [-0.15, -0.1) is 0 Å². The molecule has 5 nitrogen and oxygen atoms in total. The summed E-state index contributed by atoms with van der Waals surface area (Å²) in [6, 6.07) is 18.7. The lowest BCUT2D eigenvalue weighted by Crippen LogP contribution is -2.36. The predicted octanol–water partition coefficient (Wildman–Crippen LogP) is 4.61. The molecule has 0 spiro atoms. The van der Waals surface area contributed by atoms with Gasteiger partial charge in [0.1, 0.15) is 0 Å². The lowest BCUT2D eigenvalue weighted by molar-refractivity contribution is -0.142. The molecule has 1 aliphatic heterocycles. The van der Waals surface area contributed by atoms with Crippen LogP contribution in [-0.4, -0.2) is 31.9 Å². The molecule has 3 heterocycles. The van der Waals surface area contributed by atoms with Crippen molar-refractivity contribution in [3.05, 3.63) is 89.2 Å². The average Bonchev–Trinajstić information content (AvgIpc) is 3.21. The molecule has 0 radical (unpaired) electrons. The lowest BCUT2D eigenvalue weighted by Gasteiger charge is -2.28. The van der Waals surface area contributed by atoms with Gasteiger partial charge >= 0.3 is 6.18 Å². The van der Waals surface area contributed by atoms with Crippen LogP contribution in [0.25, 0.3) is 16.9 Å². The molecule has 0 saturated heterocycles. The molecule has 0 atom stereocenters. The summed E-state index contributed by atoms with van der Waals surface area (Å²) in [6.45, 7) is 0.885. The largest absolute Gasteiger partial charge is 0.433 e. The predicted molar refractivity (Wildman–Crippen MR) is 108 cm³/mol. The Morgan fingerprint density at radius 3 is 2.39 bits per heavy atom. The van der Waals surface area contributed by atoms with Crippen LogP contribution in [0.3, 0.4) is 0 Å². The molecule has 5 rings (SSSR count). The zero-order chi connectivity index (χ0) is 21.6. The number of alkyl halides is 3. The monoisotopic (exact) mass is 422 g/mol. The highest BCUT2D eigenvalue weighted by Gasteiger charge is 2.36. The molecule has 0 saturated carbocycles. The third kappa shape index (κ3) is 3.54. The van der Waals surface area contributed by atoms with Crippen LogP contribution in [0.5, 0.6) is 0 Å². The van der Waals surface area contributed by atoms with E-state index in [-0.39, 0.29) is 17.0 Å². The van der Waals surface area contributed by atoms with Gasteiger partial charge in [-0.1, -0.05) is 54.6 Å². The zero-order valence-electron chi connectivity index (χ0n) is 16.3. The van der Waals surface area contributed by atoms with Crippen LogP contribution in [0.4, 0.5) is 13.2 Å². The van der Waals surface area contributed by atoms with E-state index in [1.54, 1.807) is 35.2 Å². The molecule has 4 aromatic rings. The highest BCUT2D eigenvalue weighted by atomic mass is 19.4. The van der Waals surface area contributed by atoms with E-state index in [2.05, 4.69) is 10.1 Å². The first kappa shape index (κ1) is 19.3. The normalized spacial score (nSPS) is 14.0. The minimum atomic E-state index is -4.65. The Bertz CT molecular complexity index is 1280. The van der Waals surface area contributed by atoms with E-state index < -0.39 is 17.8 Å². The number of hydrogen-bond acceptors (Lipinski definition) is 3. The van der Waals surface area contributed by atoms with Gasteiger partial charge in [0, 0.05) is 24.7 Å². The van der Waals surface area contributed by atoms with Crippen LogP contribution >= 0.6 is 0 Å². The average molecular weight is 422 g/mol. The van der Waals surface area contributed by atoms with Crippen LogP contribution in [0.15, 0.2) is 66.7 Å². The fourth-order valence-electron chi connectivity index (χ4n) is 3.87. The Balaban J connectivity index is 1.56. The van der Waals surface area contributed by atoms with Gasteiger partial charge in [-0.3, -0.25) is 4.79 Å². The number of hydrogen-bond donors (Lipinski definition) is 0. The summed E-state index contributed by atoms with van der Waals surface area (Å²) < 4.78 is 42.0. The summed E-state index contributed by atoms with van der Waals surface area (Å²) in [4.78, 5) is 19.0. The van der Waals surface area contributed by atoms with Crippen molar-refractivity contribution in [2.45, 2.75) is 19.1 Å². The van der Waals surface area contributed by atoms with Gasteiger partial charge in [-0.2, -0.15) is 18.3 Å². The molecule has 156 valence electrons. The molecular weight excluding hydrogens is 405 g/mol. The van der Waals surface area contributed by atoms with Crippen LogP contribution < -0.4 is 0 Å². The Labute approximate surface area is 175 Å². The van der Waals surface area contributed by atoms with Crippen molar-refractivity contribution in [2.75, 3.05) is 6.54 Å². The highest BCUT2D eigenvalue weighted by molar-refractivity contribution is 5.93. The molecule has 2 aromatic heterocycles. The number of nitrogens with zero attached hydrogens (tertiary/aromatic N) is 4. The maximum Gasteiger partial charge on any atom is 0.433 e. The second-order valence-electron chi connectivity index (χ2n) is 7.44. The number of aromatic nitrogens is 3. The first-order chi connectivity index (χ1) is 14.9. The third-order valence-corrected chi connectivity index (χ3v) is 5.42. The molecule has 0 fully saturated rings. The number of carbonyl (C=O) groups is 1. The van der Waals surface area contributed by atoms with Crippen LogP contribution in [0, 0.1) is 0 Å². The number of fused-ring (bicyclic) bond motifs is 2. The smallest absolute Gasteiger partial charge is 0.333 e. The Hall–Kier alpha value is -3.68. The van der Waals surface area contributed by atoms with Gasteiger partial charge in [0.25, 0.3) is 5.91 Å². The summed E-state index contributed by atoms with van der Waals surface area (Å²) in [6.07, 6.45) is -3.96. The molecular formula is C23H17F3N4O. The number of benzene rings is 2. The zero-order valence-corrected chi connectivity index (χ0v) is 16.3. The van der Waals surface area contributed by atoms with E-state index in [4.69, 9.17) is 0 Å². The second-order valence-corrected chi connectivity index (χ2v) is 7.44. The Morgan fingerprint density at radius 1 is 0.935 bits per heavy atom. The summed E-state index contributed by atoms with van der Waals surface area (Å²) in [5.74, 6) is -0.408. The summed E-state index contributed by atoms with van der Waals surface area (Å²) in [5.41, 5.74) is 1.89. The van der Waals surface area contributed by atoms with Crippen molar-refractivity contribution < 1.29 is 18.0 Å². The van der Waals surface area contributed by atoms with E-state index in [1.165, 1.54) is 11.6 Å². The van der Waals surface area contributed by atoms with Crippen molar-refractivity contribution >= 4 is 11.6 Å². The van der Waals surface area contributed by atoms with Crippen molar-refractivity contribution in [3.63, 3.8) is 0 Å². The molecule has 0 bridgehead atoms. The minimum absolute atomic E-state index is 0.0190. The van der Waals surface area contributed by atoms with Gasteiger partial charge < -0.3 is 4.90 Å². The summed E-state index contributed by atoms with van der Waals surface area (Å²) in [7, 11) is 0. The quantitative estimate of drug-likeness (QED) is 0.474. The van der Waals surface area contributed by atoms with Gasteiger partial charge in [0.05, 0.1) is 5.69 Å². The summed E-state index contributed by atoms with van der Waals surface area (Å²) >= 11 is 0. The van der Waals surface area contributed by atoms with Gasteiger partial charge in [0.2, 0.25) is 0 Å². The molecule has 2 aromatic carbocycles.